The monoisotopic (exact) mass is 335 g/mol. The Labute approximate surface area is 117 Å². The summed E-state index contributed by atoms with van der Waals surface area (Å²) in [5, 5.41) is 9.38. The van der Waals surface area contributed by atoms with E-state index in [1.807, 2.05) is 13.8 Å². The van der Waals surface area contributed by atoms with Crippen LogP contribution in [0.5, 0.6) is 0 Å². The molecule has 1 rings (SSSR count). The van der Waals surface area contributed by atoms with Gasteiger partial charge in [0.1, 0.15) is 0 Å². The molecule has 0 radical (unpaired) electrons. The summed E-state index contributed by atoms with van der Waals surface area (Å²) in [7, 11) is -3.62. The number of sulfonamides is 1. The lowest BCUT2D eigenvalue weighted by molar-refractivity contribution is 0.154. The van der Waals surface area contributed by atoms with E-state index in [1.165, 1.54) is 12.1 Å². The van der Waals surface area contributed by atoms with Crippen molar-refractivity contribution < 1.29 is 13.5 Å². The van der Waals surface area contributed by atoms with Gasteiger partial charge in [0.15, 0.2) is 0 Å². The highest BCUT2D eigenvalue weighted by Crippen LogP contribution is 2.21. The molecule has 4 nitrogen and oxygen atoms in total. The van der Waals surface area contributed by atoms with E-state index < -0.39 is 15.6 Å². The molecular weight excluding hydrogens is 318 g/mol. The third-order valence-electron chi connectivity index (χ3n) is 3.09. The summed E-state index contributed by atoms with van der Waals surface area (Å²) in [5.41, 5.74) is -0.869. The molecule has 102 valence electrons. The maximum atomic E-state index is 12.2. The molecule has 1 aromatic carbocycles. The first kappa shape index (κ1) is 15.6. The van der Waals surface area contributed by atoms with Crippen molar-refractivity contribution in [2.75, 3.05) is 6.61 Å². The van der Waals surface area contributed by atoms with Crippen LogP contribution in [0.15, 0.2) is 33.6 Å². The molecule has 6 heteroatoms. The third-order valence-corrected chi connectivity index (χ3v) is 5.25. The molecule has 0 aliphatic heterocycles. The molecule has 0 fully saturated rings. The van der Waals surface area contributed by atoms with E-state index in [2.05, 4.69) is 20.7 Å². The number of hydrogen-bond acceptors (Lipinski definition) is 3. The number of aliphatic hydroxyl groups is 1. The number of rotatable bonds is 5. The second-order valence-electron chi connectivity index (χ2n) is 4.79. The van der Waals surface area contributed by atoms with Crippen molar-refractivity contribution >= 4 is 26.0 Å². The first-order valence-electron chi connectivity index (χ1n) is 5.62. The lowest BCUT2D eigenvalue weighted by Gasteiger charge is -2.32. The van der Waals surface area contributed by atoms with Crippen molar-refractivity contribution in [3.63, 3.8) is 0 Å². The van der Waals surface area contributed by atoms with Crippen molar-refractivity contribution in [1.29, 1.82) is 0 Å². The van der Waals surface area contributed by atoms with Crippen LogP contribution in [0, 0.1) is 5.92 Å². The third kappa shape index (κ3) is 3.54. The van der Waals surface area contributed by atoms with E-state index in [0.29, 0.717) is 0 Å². The SMILES string of the molecule is CC(C)[C@@](C)(CO)NS(=O)(=O)c1ccc(Br)cc1. The zero-order valence-corrected chi connectivity index (χ0v) is 13.0. The van der Waals surface area contributed by atoms with E-state index >= 15 is 0 Å². The zero-order valence-electron chi connectivity index (χ0n) is 10.6. The van der Waals surface area contributed by atoms with Crippen LogP contribution in [0.25, 0.3) is 0 Å². The summed E-state index contributed by atoms with van der Waals surface area (Å²) in [6.07, 6.45) is 0. The summed E-state index contributed by atoms with van der Waals surface area (Å²) in [4.78, 5) is 0.186. The molecule has 0 bridgehead atoms. The normalized spacial score (nSPS) is 15.7. The average molecular weight is 336 g/mol. The first-order chi connectivity index (χ1) is 8.21. The van der Waals surface area contributed by atoms with Crippen molar-refractivity contribution in [3.05, 3.63) is 28.7 Å². The number of halogens is 1. The summed E-state index contributed by atoms with van der Waals surface area (Å²) >= 11 is 3.26. The molecule has 18 heavy (non-hydrogen) atoms. The molecule has 1 aromatic rings. The Morgan fingerprint density at radius 3 is 2.22 bits per heavy atom. The van der Waals surface area contributed by atoms with Gasteiger partial charge in [-0.15, -0.1) is 0 Å². The van der Waals surface area contributed by atoms with E-state index in [4.69, 9.17) is 0 Å². The highest BCUT2D eigenvalue weighted by atomic mass is 79.9. The number of aliphatic hydroxyl groups excluding tert-OH is 1. The van der Waals surface area contributed by atoms with Gasteiger partial charge in [0.2, 0.25) is 10.0 Å². The quantitative estimate of drug-likeness (QED) is 0.866. The fraction of sp³-hybridized carbons (Fsp3) is 0.500. The lowest BCUT2D eigenvalue weighted by atomic mass is 9.91. The van der Waals surface area contributed by atoms with Crippen molar-refractivity contribution in [1.82, 2.24) is 4.72 Å². The summed E-state index contributed by atoms with van der Waals surface area (Å²) in [5.74, 6) is -0.0206. The minimum absolute atomic E-state index is 0.0206. The Hall–Kier alpha value is -0.430. The van der Waals surface area contributed by atoms with E-state index in [1.54, 1.807) is 19.1 Å². The summed E-state index contributed by atoms with van der Waals surface area (Å²) < 4.78 is 27.7. The molecule has 0 heterocycles. The fourth-order valence-corrected chi connectivity index (χ4v) is 3.10. The Bertz CT molecular complexity index is 499. The Morgan fingerprint density at radius 1 is 1.33 bits per heavy atom. The molecule has 0 saturated heterocycles. The van der Waals surface area contributed by atoms with E-state index in [9.17, 15) is 13.5 Å². The van der Waals surface area contributed by atoms with Crippen molar-refractivity contribution in [2.45, 2.75) is 31.2 Å². The van der Waals surface area contributed by atoms with Gasteiger partial charge in [-0.05, 0) is 37.1 Å². The minimum Gasteiger partial charge on any atom is -0.394 e. The topological polar surface area (TPSA) is 66.4 Å². The Balaban J connectivity index is 3.05. The van der Waals surface area contributed by atoms with Crippen LogP contribution in [0.3, 0.4) is 0 Å². The average Bonchev–Trinajstić information content (AvgIpc) is 2.28. The second-order valence-corrected chi connectivity index (χ2v) is 7.39. The fourth-order valence-electron chi connectivity index (χ4n) is 1.31. The molecule has 0 amide bonds. The Morgan fingerprint density at radius 2 is 1.83 bits per heavy atom. The molecular formula is C12H18BrNO3S. The van der Waals surface area contributed by atoms with E-state index in [-0.39, 0.29) is 17.4 Å². The van der Waals surface area contributed by atoms with Gasteiger partial charge >= 0.3 is 0 Å². The predicted molar refractivity (Wildman–Crippen MR) is 74.8 cm³/mol. The maximum absolute atomic E-state index is 12.2. The minimum atomic E-state index is -3.62. The number of hydrogen-bond donors (Lipinski definition) is 2. The van der Waals surface area contributed by atoms with Crippen LogP contribution in [0.1, 0.15) is 20.8 Å². The molecule has 2 N–H and O–H groups in total. The molecule has 0 aromatic heterocycles. The van der Waals surface area contributed by atoms with Crippen LogP contribution >= 0.6 is 15.9 Å². The van der Waals surface area contributed by atoms with Crippen molar-refractivity contribution in [3.8, 4) is 0 Å². The molecule has 0 unspecified atom stereocenters. The van der Waals surface area contributed by atoms with Gasteiger partial charge in [-0.25, -0.2) is 13.1 Å². The van der Waals surface area contributed by atoms with Gasteiger partial charge in [-0.2, -0.15) is 0 Å². The van der Waals surface area contributed by atoms with Crippen LogP contribution in [0.2, 0.25) is 0 Å². The largest absolute Gasteiger partial charge is 0.394 e. The lowest BCUT2D eigenvalue weighted by Crippen LogP contribution is -2.52. The molecule has 1 atom stereocenters. The van der Waals surface area contributed by atoms with Gasteiger partial charge in [-0.1, -0.05) is 29.8 Å². The highest BCUT2D eigenvalue weighted by molar-refractivity contribution is 9.10. The first-order valence-corrected chi connectivity index (χ1v) is 7.89. The van der Waals surface area contributed by atoms with Crippen LogP contribution in [-0.2, 0) is 10.0 Å². The molecule has 0 spiro atoms. The standard InChI is InChI=1S/C12H18BrNO3S/c1-9(2)12(3,8-15)14-18(16,17)11-6-4-10(13)5-7-11/h4-7,9,14-15H,8H2,1-3H3/t12-/m1/s1. The number of nitrogens with one attached hydrogen (secondary N) is 1. The van der Waals surface area contributed by atoms with Crippen LogP contribution in [-0.4, -0.2) is 25.7 Å². The van der Waals surface area contributed by atoms with Crippen LogP contribution < -0.4 is 4.72 Å². The summed E-state index contributed by atoms with van der Waals surface area (Å²) in [6.45, 7) is 5.16. The summed E-state index contributed by atoms with van der Waals surface area (Å²) in [6, 6.07) is 6.37. The van der Waals surface area contributed by atoms with Crippen molar-refractivity contribution in [2.24, 2.45) is 5.92 Å². The van der Waals surface area contributed by atoms with Gasteiger partial charge in [0.05, 0.1) is 17.0 Å². The molecule has 0 saturated carbocycles. The smallest absolute Gasteiger partial charge is 0.241 e. The van der Waals surface area contributed by atoms with Gasteiger partial charge in [-0.3, -0.25) is 0 Å². The number of benzene rings is 1. The second kappa shape index (κ2) is 5.69. The van der Waals surface area contributed by atoms with Gasteiger partial charge < -0.3 is 5.11 Å². The van der Waals surface area contributed by atoms with E-state index in [0.717, 1.165) is 4.47 Å². The maximum Gasteiger partial charge on any atom is 0.241 e. The van der Waals surface area contributed by atoms with Gasteiger partial charge in [0, 0.05) is 4.47 Å². The zero-order chi connectivity index (χ0) is 14.0. The van der Waals surface area contributed by atoms with Crippen LogP contribution in [0.4, 0.5) is 0 Å². The Kier molecular flexibility index (Phi) is 4.94. The molecule has 0 aliphatic carbocycles. The van der Waals surface area contributed by atoms with Gasteiger partial charge in [0.25, 0.3) is 0 Å². The molecule has 0 aliphatic rings. The predicted octanol–water partition coefficient (Wildman–Crippen LogP) is 2.13. The highest BCUT2D eigenvalue weighted by Gasteiger charge is 2.33.